The van der Waals surface area contributed by atoms with Crippen LogP contribution in [0.25, 0.3) is 0 Å². The highest BCUT2D eigenvalue weighted by Crippen LogP contribution is 2.20. The van der Waals surface area contributed by atoms with E-state index in [-0.39, 0.29) is 25.8 Å². The lowest BCUT2D eigenvalue weighted by Gasteiger charge is -2.07. The van der Waals surface area contributed by atoms with Gasteiger partial charge in [0, 0.05) is 19.0 Å². The number of unbranched alkanes of at least 4 members (excludes halogenated alkanes) is 1. The van der Waals surface area contributed by atoms with Gasteiger partial charge in [0.2, 0.25) is 10.0 Å². The standard InChI is InChI=1S/C11H13FN2O6S/c12-9-7-8(14(17)18)4-5-10(9)21(19,20)13-6-2-1-3-11(15)16/h4-5,7,13H,1-3,6H2,(H,15,16). The maximum Gasteiger partial charge on any atom is 0.303 e. The monoisotopic (exact) mass is 320 g/mol. The van der Waals surface area contributed by atoms with Crippen LogP contribution in [0.3, 0.4) is 0 Å². The van der Waals surface area contributed by atoms with Crippen molar-refractivity contribution >= 4 is 21.7 Å². The van der Waals surface area contributed by atoms with Crippen molar-refractivity contribution in [3.8, 4) is 0 Å². The van der Waals surface area contributed by atoms with Gasteiger partial charge < -0.3 is 5.11 Å². The molecule has 0 radical (unpaired) electrons. The van der Waals surface area contributed by atoms with E-state index in [0.29, 0.717) is 6.07 Å². The van der Waals surface area contributed by atoms with Gasteiger partial charge in [-0.1, -0.05) is 0 Å². The number of nitrogens with zero attached hydrogens (tertiary/aromatic N) is 1. The summed E-state index contributed by atoms with van der Waals surface area (Å²) < 4.78 is 39.3. The molecule has 1 aromatic rings. The van der Waals surface area contributed by atoms with Gasteiger partial charge in [-0.3, -0.25) is 14.9 Å². The zero-order valence-electron chi connectivity index (χ0n) is 10.8. The van der Waals surface area contributed by atoms with E-state index in [1.807, 2.05) is 0 Å². The van der Waals surface area contributed by atoms with Crippen LogP contribution in [0.4, 0.5) is 10.1 Å². The third-order valence-corrected chi connectivity index (χ3v) is 4.02. The first-order chi connectivity index (χ1) is 9.74. The summed E-state index contributed by atoms with van der Waals surface area (Å²) in [6.45, 7) is -0.0496. The zero-order valence-corrected chi connectivity index (χ0v) is 11.6. The predicted octanol–water partition coefficient (Wildman–Crippen LogP) is 1.27. The molecule has 116 valence electrons. The van der Waals surface area contributed by atoms with Gasteiger partial charge in [0.25, 0.3) is 5.69 Å². The summed E-state index contributed by atoms with van der Waals surface area (Å²) in [5.74, 6) is -2.21. The van der Waals surface area contributed by atoms with E-state index in [1.165, 1.54) is 0 Å². The van der Waals surface area contributed by atoms with E-state index in [0.717, 1.165) is 12.1 Å². The highest BCUT2D eigenvalue weighted by molar-refractivity contribution is 7.89. The molecule has 0 heterocycles. The summed E-state index contributed by atoms with van der Waals surface area (Å²) in [5, 5.41) is 18.9. The van der Waals surface area contributed by atoms with Crippen molar-refractivity contribution in [2.75, 3.05) is 6.54 Å². The SMILES string of the molecule is O=C(O)CCCCNS(=O)(=O)c1ccc([N+](=O)[O-])cc1F. The minimum atomic E-state index is -4.13. The predicted molar refractivity (Wildman–Crippen MR) is 69.7 cm³/mol. The van der Waals surface area contributed by atoms with Crippen LogP contribution in [-0.4, -0.2) is 31.0 Å². The maximum absolute atomic E-state index is 13.6. The Morgan fingerprint density at radius 3 is 2.57 bits per heavy atom. The molecule has 1 aromatic carbocycles. The molecule has 0 unspecified atom stereocenters. The number of carboxylic acid groups (broad SMARTS) is 1. The van der Waals surface area contributed by atoms with Gasteiger partial charge in [0.05, 0.1) is 11.0 Å². The number of carboxylic acids is 1. The fraction of sp³-hybridized carbons (Fsp3) is 0.364. The molecule has 10 heteroatoms. The minimum absolute atomic E-state index is 0.0496. The smallest absolute Gasteiger partial charge is 0.303 e. The fourth-order valence-corrected chi connectivity index (χ4v) is 2.64. The lowest BCUT2D eigenvalue weighted by Crippen LogP contribution is -2.25. The second-order valence-corrected chi connectivity index (χ2v) is 5.86. The van der Waals surface area contributed by atoms with Crippen molar-refractivity contribution in [1.82, 2.24) is 4.72 Å². The van der Waals surface area contributed by atoms with Gasteiger partial charge in [0.15, 0.2) is 0 Å². The number of halogens is 1. The second-order valence-electron chi connectivity index (χ2n) is 4.12. The van der Waals surface area contributed by atoms with Crippen LogP contribution in [0, 0.1) is 15.9 Å². The lowest BCUT2D eigenvalue weighted by molar-refractivity contribution is -0.385. The van der Waals surface area contributed by atoms with E-state index in [4.69, 9.17) is 5.11 Å². The first kappa shape index (κ1) is 17.0. The van der Waals surface area contributed by atoms with Crippen molar-refractivity contribution in [3.05, 3.63) is 34.1 Å². The molecule has 0 bridgehead atoms. The van der Waals surface area contributed by atoms with Crippen molar-refractivity contribution in [2.24, 2.45) is 0 Å². The minimum Gasteiger partial charge on any atom is -0.481 e. The quantitative estimate of drug-likeness (QED) is 0.422. The number of sulfonamides is 1. The van der Waals surface area contributed by atoms with Gasteiger partial charge in [-0.15, -0.1) is 0 Å². The molecule has 0 aliphatic rings. The average Bonchev–Trinajstić information content (AvgIpc) is 2.37. The van der Waals surface area contributed by atoms with Gasteiger partial charge in [-0.25, -0.2) is 17.5 Å². The van der Waals surface area contributed by atoms with Gasteiger partial charge in [-0.2, -0.15) is 0 Å². The Balaban J connectivity index is 2.70. The first-order valence-electron chi connectivity index (χ1n) is 5.89. The van der Waals surface area contributed by atoms with Crippen LogP contribution in [0.5, 0.6) is 0 Å². The molecule has 21 heavy (non-hydrogen) atoms. The van der Waals surface area contributed by atoms with Crippen LogP contribution in [0.1, 0.15) is 19.3 Å². The van der Waals surface area contributed by atoms with Crippen molar-refractivity contribution in [3.63, 3.8) is 0 Å². The molecule has 0 fully saturated rings. The molecule has 0 atom stereocenters. The molecule has 0 aromatic heterocycles. The number of rotatable bonds is 8. The lowest BCUT2D eigenvalue weighted by atomic mass is 10.2. The van der Waals surface area contributed by atoms with Crippen LogP contribution < -0.4 is 4.72 Å². The Bertz CT molecular complexity index is 646. The fourth-order valence-electron chi connectivity index (χ4n) is 1.51. The van der Waals surface area contributed by atoms with Gasteiger partial charge in [-0.05, 0) is 18.9 Å². The Morgan fingerprint density at radius 1 is 1.38 bits per heavy atom. The Morgan fingerprint density at radius 2 is 2.05 bits per heavy atom. The molecule has 0 amide bonds. The number of benzene rings is 1. The molecule has 0 aliphatic heterocycles. The van der Waals surface area contributed by atoms with E-state index in [1.54, 1.807) is 0 Å². The van der Waals surface area contributed by atoms with Crippen molar-refractivity contribution < 1.29 is 27.6 Å². The average molecular weight is 320 g/mol. The highest BCUT2D eigenvalue weighted by Gasteiger charge is 2.21. The van der Waals surface area contributed by atoms with E-state index in [9.17, 15) is 27.7 Å². The van der Waals surface area contributed by atoms with Crippen molar-refractivity contribution in [2.45, 2.75) is 24.2 Å². The third-order valence-electron chi connectivity index (χ3n) is 2.53. The molecule has 0 spiro atoms. The molecule has 1 rings (SSSR count). The zero-order chi connectivity index (χ0) is 16.0. The van der Waals surface area contributed by atoms with Crippen LogP contribution in [0.2, 0.25) is 0 Å². The molecule has 0 aliphatic carbocycles. The summed E-state index contributed by atoms with van der Waals surface area (Å²) in [6.07, 6.45) is 0.467. The summed E-state index contributed by atoms with van der Waals surface area (Å²) in [7, 11) is -4.13. The van der Waals surface area contributed by atoms with E-state index >= 15 is 0 Å². The number of nitro benzene ring substituents is 1. The third kappa shape index (κ3) is 5.08. The van der Waals surface area contributed by atoms with Crippen molar-refractivity contribution in [1.29, 1.82) is 0 Å². The van der Waals surface area contributed by atoms with Gasteiger partial charge >= 0.3 is 5.97 Å². The number of carbonyl (C=O) groups is 1. The summed E-state index contributed by atoms with van der Waals surface area (Å²) in [4.78, 5) is 19.2. The first-order valence-corrected chi connectivity index (χ1v) is 7.38. The summed E-state index contributed by atoms with van der Waals surface area (Å²) in [6, 6.07) is 2.23. The Hall–Kier alpha value is -2.07. The molecular weight excluding hydrogens is 307 g/mol. The molecule has 0 saturated carbocycles. The van der Waals surface area contributed by atoms with Crippen LogP contribution in [-0.2, 0) is 14.8 Å². The number of hydrogen-bond acceptors (Lipinski definition) is 5. The van der Waals surface area contributed by atoms with E-state index < -0.39 is 37.3 Å². The number of non-ortho nitro benzene ring substituents is 1. The van der Waals surface area contributed by atoms with Crippen LogP contribution in [0.15, 0.2) is 23.1 Å². The second kappa shape index (κ2) is 7.09. The number of hydrogen-bond donors (Lipinski definition) is 2. The Kier molecular flexibility index (Phi) is 5.73. The molecule has 0 saturated heterocycles. The molecule has 2 N–H and O–H groups in total. The van der Waals surface area contributed by atoms with Crippen LogP contribution >= 0.6 is 0 Å². The number of nitrogens with one attached hydrogen (secondary N) is 1. The summed E-state index contributed by atoms with van der Waals surface area (Å²) in [5.41, 5.74) is -0.548. The number of aliphatic carboxylic acids is 1. The molecule has 8 nitrogen and oxygen atoms in total. The maximum atomic E-state index is 13.6. The van der Waals surface area contributed by atoms with Gasteiger partial charge in [0.1, 0.15) is 10.7 Å². The molecular formula is C11H13FN2O6S. The Labute approximate surface area is 119 Å². The normalized spacial score (nSPS) is 11.3. The largest absolute Gasteiger partial charge is 0.481 e. The summed E-state index contributed by atoms with van der Waals surface area (Å²) >= 11 is 0. The highest BCUT2D eigenvalue weighted by atomic mass is 32.2. The topological polar surface area (TPSA) is 127 Å². The number of nitro groups is 1. The van der Waals surface area contributed by atoms with E-state index in [2.05, 4.69) is 4.72 Å².